The number of halogens is 1. The molecule has 0 radical (unpaired) electrons. The van der Waals surface area contributed by atoms with E-state index in [1.807, 2.05) is 0 Å². The number of alkyl halides is 1. The molecule has 2 aromatic carbocycles. The van der Waals surface area contributed by atoms with E-state index in [0.29, 0.717) is 5.92 Å². The van der Waals surface area contributed by atoms with Gasteiger partial charge in [-0.3, -0.25) is 0 Å². The van der Waals surface area contributed by atoms with Gasteiger partial charge in [0.1, 0.15) is 0 Å². The monoisotopic (exact) mass is 316 g/mol. The van der Waals surface area contributed by atoms with Crippen LogP contribution in [0.15, 0.2) is 48.5 Å². The van der Waals surface area contributed by atoms with E-state index >= 15 is 0 Å². The molecule has 1 heteroatoms. The zero-order chi connectivity index (χ0) is 13.8. The van der Waals surface area contributed by atoms with Gasteiger partial charge in [-0.25, -0.2) is 0 Å². The molecule has 0 amide bonds. The van der Waals surface area contributed by atoms with Gasteiger partial charge >= 0.3 is 0 Å². The maximum absolute atomic E-state index is 3.85. The van der Waals surface area contributed by atoms with Gasteiger partial charge in [-0.2, -0.15) is 0 Å². The van der Waals surface area contributed by atoms with Crippen molar-refractivity contribution in [2.75, 3.05) is 0 Å². The summed E-state index contributed by atoms with van der Waals surface area (Å²) in [5, 5.41) is 0. The van der Waals surface area contributed by atoms with Crippen LogP contribution in [0, 0.1) is 0 Å². The summed E-state index contributed by atoms with van der Waals surface area (Å²) in [5.41, 5.74) is 5.51. The first-order valence-corrected chi connectivity index (χ1v) is 7.86. The molecule has 100 valence electrons. The van der Waals surface area contributed by atoms with E-state index in [0.717, 1.165) is 6.42 Å². The SMILES string of the molecule is CCc1ccccc1C(Br)c1ccc(C(C)C)cc1. The molecule has 0 spiro atoms. The van der Waals surface area contributed by atoms with E-state index in [1.165, 1.54) is 22.3 Å². The molecular weight excluding hydrogens is 296 g/mol. The Morgan fingerprint density at radius 1 is 0.895 bits per heavy atom. The van der Waals surface area contributed by atoms with Crippen molar-refractivity contribution in [1.29, 1.82) is 0 Å². The van der Waals surface area contributed by atoms with Crippen LogP contribution in [0.3, 0.4) is 0 Å². The van der Waals surface area contributed by atoms with Gasteiger partial charge in [0.05, 0.1) is 4.83 Å². The van der Waals surface area contributed by atoms with Crippen LogP contribution in [0.2, 0.25) is 0 Å². The lowest BCUT2D eigenvalue weighted by Crippen LogP contribution is -1.98. The maximum atomic E-state index is 3.85. The van der Waals surface area contributed by atoms with Crippen LogP contribution < -0.4 is 0 Å². The molecule has 0 saturated carbocycles. The second kappa shape index (κ2) is 6.38. The molecule has 0 bridgehead atoms. The topological polar surface area (TPSA) is 0 Å². The van der Waals surface area contributed by atoms with Crippen molar-refractivity contribution >= 4 is 15.9 Å². The van der Waals surface area contributed by atoms with Gasteiger partial charge in [0.2, 0.25) is 0 Å². The highest BCUT2D eigenvalue weighted by Crippen LogP contribution is 2.33. The summed E-state index contributed by atoms with van der Waals surface area (Å²) in [5.74, 6) is 0.589. The molecule has 1 unspecified atom stereocenters. The minimum atomic E-state index is 0.282. The van der Waals surface area contributed by atoms with Crippen LogP contribution in [0.1, 0.15) is 53.8 Å². The Morgan fingerprint density at radius 3 is 2.05 bits per heavy atom. The summed E-state index contributed by atoms with van der Waals surface area (Å²) in [6.45, 7) is 6.67. The first-order valence-electron chi connectivity index (χ1n) is 6.95. The maximum Gasteiger partial charge on any atom is 0.0647 e. The summed E-state index contributed by atoms with van der Waals surface area (Å²) in [7, 11) is 0. The van der Waals surface area contributed by atoms with E-state index in [2.05, 4.69) is 85.2 Å². The minimum Gasteiger partial charge on any atom is -0.0786 e. The Morgan fingerprint density at radius 2 is 1.47 bits per heavy atom. The Hall–Kier alpha value is -1.08. The molecule has 0 nitrogen and oxygen atoms in total. The Kier molecular flexibility index (Phi) is 4.81. The fourth-order valence-corrected chi connectivity index (χ4v) is 3.08. The van der Waals surface area contributed by atoms with Gasteiger partial charge in [0, 0.05) is 0 Å². The number of hydrogen-bond acceptors (Lipinski definition) is 0. The lowest BCUT2D eigenvalue weighted by atomic mass is 9.96. The zero-order valence-corrected chi connectivity index (χ0v) is 13.4. The van der Waals surface area contributed by atoms with E-state index in [-0.39, 0.29) is 4.83 Å². The Labute approximate surface area is 125 Å². The van der Waals surface area contributed by atoms with Gasteiger partial charge in [-0.1, -0.05) is 85.2 Å². The van der Waals surface area contributed by atoms with E-state index in [4.69, 9.17) is 0 Å². The van der Waals surface area contributed by atoms with E-state index < -0.39 is 0 Å². The Balaban J connectivity index is 2.30. The van der Waals surface area contributed by atoms with Crippen LogP contribution in [-0.2, 0) is 6.42 Å². The highest BCUT2D eigenvalue weighted by atomic mass is 79.9. The fraction of sp³-hybridized carbons (Fsp3) is 0.333. The number of hydrogen-bond donors (Lipinski definition) is 0. The van der Waals surface area contributed by atoms with Crippen molar-refractivity contribution in [3.63, 3.8) is 0 Å². The third-order valence-electron chi connectivity index (χ3n) is 3.60. The quantitative estimate of drug-likeness (QED) is 0.620. The van der Waals surface area contributed by atoms with Gasteiger partial charge in [-0.15, -0.1) is 0 Å². The summed E-state index contributed by atoms with van der Waals surface area (Å²) in [6.07, 6.45) is 1.07. The molecular formula is C18H21Br. The van der Waals surface area contributed by atoms with Crippen LogP contribution in [-0.4, -0.2) is 0 Å². The molecule has 2 aromatic rings. The minimum absolute atomic E-state index is 0.282. The number of benzene rings is 2. The second-order valence-electron chi connectivity index (χ2n) is 5.24. The van der Waals surface area contributed by atoms with Crippen molar-refractivity contribution < 1.29 is 0 Å². The highest BCUT2D eigenvalue weighted by molar-refractivity contribution is 9.09. The van der Waals surface area contributed by atoms with Gasteiger partial charge in [0.25, 0.3) is 0 Å². The predicted octanol–water partition coefficient (Wildman–Crippen LogP) is 5.86. The molecule has 19 heavy (non-hydrogen) atoms. The standard InChI is InChI=1S/C18H21Br/c1-4-14-7-5-6-8-17(14)18(19)16-11-9-15(10-12-16)13(2)3/h5-13,18H,4H2,1-3H3. The third kappa shape index (κ3) is 3.27. The number of rotatable bonds is 4. The van der Waals surface area contributed by atoms with E-state index in [9.17, 15) is 0 Å². The van der Waals surface area contributed by atoms with Crippen LogP contribution in [0.4, 0.5) is 0 Å². The van der Waals surface area contributed by atoms with Gasteiger partial charge < -0.3 is 0 Å². The van der Waals surface area contributed by atoms with Crippen LogP contribution in [0.25, 0.3) is 0 Å². The van der Waals surface area contributed by atoms with Gasteiger partial charge in [0.15, 0.2) is 0 Å². The number of aryl methyl sites for hydroxylation is 1. The average molecular weight is 317 g/mol. The molecule has 0 N–H and O–H groups in total. The summed E-state index contributed by atoms with van der Waals surface area (Å²) in [4.78, 5) is 0.282. The smallest absolute Gasteiger partial charge is 0.0647 e. The highest BCUT2D eigenvalue weighted by Gasteiger charge is 2.13. The van der Waals surface area contributed by atoms with Crippen molar-refractivity contribution in [3.8, 4) is 0 Å². The molecule has 2 rings (SSSR count). The van der Waals surface area contributed by atoms with Crippen molar-refractivity contribution in [1.82, 2.24) is 0 Å². The average Bonchev–Trinajstić information content (AvgIpc) is 2.46. The normalized spacial score (nSPS) is 12.7. The first-order chi connectivity index (χ1) is 9.13. The molecule has 0 saturated heterocycles. The largest absolute Gasteiger partial charge is 0.0786 e. The first kappa shape index (κ1) is 14.3. The van der Waals surface area contributed by atoms with Gasteiger partial charge in [-0.05, 0) is 34.6 Å². The van der Waals surface area contributed by atoms with Crippen molar-refractivity contribution in [3.05, 3.63) is 70.8 Å². The summed E-state index contributed by atoms with van der Waals surface area (Å²) < 4.78 is 0. The molecule has 0 aliphatic carbocycles. The molecule has 0 aromatic heterocycles. The summed E-state index contributed by atoms with van der Waals surface area (Å²) in [6, 6.07) is 17.6. The summed E-state index contributed by atoms with van der Waals surface area (Å²) >= 11 is 3.85. The lowest BCUT2D eigenvalue weighted by molar-refractivity contribution is 0.865. The molecule has 0 aliphatic heterocycles. The molecule has 0 heterocycles. The zero-order valence-electron chi connectivity index (χ0n) is 11.9. The fourth-order valence-electron chi connectivity index (χ4n) is 2.33. The lowest BCUT2D eigenvalue weighted by Gasteiger charge is -2.15. The molecule has 0 fully saturated rings. The molecule has 0 aliphatic rings. The molecule has 1 atom stereocenters. The van der Waals surface area contributed by atoms with E-state index in [1.54, 1.807) is 0 Å². The second-order valence-corrected chi connectivity index (χ2v) is 6.15. The Bertz CT molecular complexity index is 526. The van der Waals surface area contributed by atoms with Crippen LogP contribution in [0.5, 0.6) is 0 Å². The van der Waals surface area contributed by atoms with Crippen molar-refractivity contribution in [2.24, 2.45) is 0 Å². The van der Waals surface area contributed by atoms with Crippen molar-refractivity contribution in [2.45, 2.75) is 37.9 Å². The third-order valence-corrected chi connectivity index (χ3v) is 4.63. The van der Waals surface area contributed by atoms with Crippen LogP contribution >= 0.6 is 15.9 Å². The predicted molar refractivity (Wildman–Crippen MR) is 87.1 cm³/mol.